The molecule has 1 atom stereocenters. The molecule has 1 aliphatic heterocycles. The van der Waals surface area contributed by atoms with Crippen LogP contribution in [-0.2, 0) is 0 Å². The normalized spacial score (nSPS) is 19.5. The van der Waals surface area contributed by atoms with Crippen LogP contribution in [0.3, 0.4) is 0 Å². The van der Waals surface area contributed by atoms with Gasteiger partial charge in [-0.3, -0.25) is 4.79 Å². The Bertz CT molecular complexity index is 723. The molecule has 3 rings (SSSR count). The molecule has 1 N–H and O–H groups in total. The summed E-state index contributed by atoms with van der Waals surface area (Å²) in [6, 6.07) is 9.60. The Morgan fingerprint density at radius 1 is 1.41 bits per heavy atom. The number of nitrogens with zero attached hydrogens (tertiary/aromatic N) is 3. The first-order chi connectivity index (χ1) is 10.4. The third kappa shape index (κ3) is 2.14. The van der Waals surface area contributed by atoms with Crippen LogP contribution in [0.25, 0.3) is 0 Å². The largest absolute Gasteiger partial charge is 0.358 e. The molecule has 22 heavy (non-hydrogen) atoms. The summed E-state index contributed by atoms with van der Waals surface area (Å²) in [4.78, 5) is 24.6. The lowest BCUT2D eigenvalue weighted by molar-refractivity contribution is -0.389. The molecule has 1 fully saturated rings. The molecule has 0 aliphatic carbocycles. The summed E-state index contributed by atoms with van der Waals surface area (Å²) in [6.45, 7) is 4.71. The van der Waals surface area contributed by atoms with Crippen molar-refractivity contribution in [3.05, 3.63) is 57.8 Å². The number of rotatable bonds is 3. The molecule has 7 nitrogen and oxygen atoms in total. The van der Waals surface area contributed by atoms with Gasteiger partial charge in [-0.15, -0.1) is 5.10 Å². The Kier molecular flexibility index (Phi) is 3.20. The Morgan fingerprint density at radius 2 is 2.09 bits per heavy atom. The average Bonchev–Trinajstić information content (AvgIpc) is 2.95. The lowest BCUT2D eigenvalue weighted by Crippen LogP contribution is -2.57. The standard InChI is InChI=1S/C15H16N4O3/c1-15(2)9-18(12(15)10-6-4-3-5-7-10)14(20)11-8-16-17-13(11)19(21)22/h3-8,12H,9H2,1-2H3,(H,16,17). The topological polar surface area (TPSA) is 92.1 Å². The summed E-state index contributed by atoms with van der Waals surface area (Å²) in [5.41, 5.74) is 0.954. The average molecular weight is 300 g/mol. The highest BCUT2D eigenvalue weighted by Crippen LogP contribution is 2.49. The fraction of sp³-hybridized carbons (Fsp3) is 0.333. The van der Waals surface area contributed by atoms with Crippen LogP contribution in [0.5, 0.6) is 0 Å². The SMILES string of the molecule is CC1(C)CN(C(=O)c2cn[nH]c2[N+](=O)[O-])C1c1ccccc1. The van der Waals surface area contributed by atoms with Gasteiger partial charge < -0.3 is 15.0 Å². The molecule has 0 saturated carbocycles. The minimum Gasteiger partial charge on any atom is -0.358 e. The van der Waals surface area contributed by atoms with E-state index < -0.39 is 4.92 Å². The molecule has 1 amide bonds. The first-order valence-corrected chi connectivity index (χ1v) is 6.95. The summed E-state index contributed by atoms with van der Waals surface area (Å²) in [5.74, 6) is -0.727. The van der Waals surface area contributed by atoms with E-state index in [1.165, 1.54) is 6.20 Å². The molecule has 7 heteroatoms. The van der Waals surface area contributed by atoms with Gasteiger partial charge in [-0.05, 0) is 10.5 Å². The van der Waals surface area contributed by atoms with Gasteiger partial charge in [0.1, 0.15) is 0 Å². The molecule has 2 heterocycles. The minimum absolute atomic E-state index is 0.00133. The van der Waals surface area contributed by atoms with Crippen LogP contribution in [0.1, 0.15) is 35.8 Å². The summed E-state index contributed by atoms with van der Waals surface area (Å²) < 4.78 is 0. The Labute approximate surface area is 127 Å². The molecule has 1 aromatic heterocycles. The fourth-order valence-corrected chi connectivity index (χ4v) is 3.11. The molecule has 1 unspecified atom stereocenters. The number of aromatic amines is 1. The second kappa shape index (κ2) is 4.94. The van der Waals surface area contributed by atoms with E-state index in [9.17, 15) is 14.9 Å². The van der Waals surface area contributed by atoms with Crippen molar-refractivity contribution >= 4 is 11.7 Å². The molecule has 0 bridgehead atoms. The van der Waals surface area contributed by atoms with Crippen LogP contribution in [0.15, 0.2) is 36.5 Å². The van der Waals surface area contributed by atoms with Gasteiger partial charge in [-0.1, -0.05) is 49.3 Å². The van der Waals surface area contributed by atoms with Gasteiger partial charge in [0.05, 0.1) is 12.2 Å². The van der Waals surface area contributed by atoms with Crippen LogP contribution in [0, 0.1) is 15.5 Å². The number of nitro groups is 1. The van der Waals surface area contributed by atoms with E-state index in [4.69, 9.17) is 0 Å². The Hall–Kier alpha value is -2.70. The van der Waals surface area contributed by atoms with Gasteiger partial charge in [-0.2, -0.15) is 0 Å². The molecular formula is C15H16N4O3. The first-order valence-electron chi connectivity index (χ1n) is 6.95. The van der Waals surface area contributed by atoms with E-state index in [1.807, 2.05) is 30.3 Å². The van der Waals surface area contributed by atoms with Gasteiger partial charge in [-0.25, -0.2) is 0 Å². The Morgan fingerprint density at radius 3 is 2.68 bits per heavy atom. The molecule has 0 spiro atoms. The third-order valence-corrected chi connectivity index (χ3v) is 4.04. The van der Waals surface area contributed by atoms with Crippen molar-refractivity contribution < 1.29 is 9.72 Å². The Balaban J connectivity index is 1.93. The zero-order valence-corrected chi connectivity index (χ0v) is 12.3. The zero-order chi connectivity index (χ0) is 15.9. The van der Waals surface area contributed by atoms with Crippen LogP contribution in [0.2, 0.25) is 0 Å². The third-order valence-electron chi connectivity index (χ3n) is 4.04. The maximum Gasteiger partial charge on any atom is 0.355 e. The summed E-state index contributed by atoms with van der Waals surface area (Å²) in [7, 11) is 0. The molecule has 1 aromatic carbocycles. The quantitative estimate of drug-likeness (QED) is 0.696. The second-order valence-corrected chi connectivity index (χ2v) is 6.12. The number of hydrogen-bond acceptors (Lipinski definition) is 4. The van der Waals surface area contributed by atoms with Gasteiger partial charge in [0, 0.05) is 12.0 Å². The highest BCUT2D eigenvalue weighted by molar-refractivity contribution is 5.98. The van der Waals surface area contributed by atoms with Crippen molar-refractivity contribution in [2.24, 2.45) is 5.41 Å². The monoisotopic (exact) mass is 300 g/mol. The van der Waals surface area contributed by atoms with Crippen molar-refractivity contribution in [3.63, 3.8) is 0 Å². The predicted molar refractivity (Wildman–Crippen MR) is 79.2 cm³/mol. The molecular weight excluding hydrogens is 284 g/mol. The first kappa shape index (κ1) is 14.2. The minimum atomic E-state index is -0.622. The van der Waals surface area contributed by atoms with Crippen LogP contribution in [-0.4, -0.2) is 32.5 Å². The zero-order valence-electron chi connectivity index (χ0n) is 12.3. The van der Waals surface area contributed by atoms with E-state index in [0.717, 1.165) is 5.56 Å². The summed E-state index contributed by atoms with van der Waals surface area (Å²) >= 11 is 0. The maximum atomic E-state index is 12.6. The van der Waals surface area contributed by atoms with E-state index >= 15 is 0 Å². The van der Waals surface area contributed by atoms with E-state index in [2.05, 4.69) is 24.0 Å². The number of benzene rings is 1. The van der Waals surface area contributed by atoms with Crippen molar-refractivity contribution in [3.8, 4) is 0 Å². The number of likely N-dealkylation sites (tertiary alicyclic amines) is 1. The van der Waals surface area contributed by atoms with E-state index in [0.29, 0.717) is 6.54 Å². The van der Waals surface area contributed by atoms with E-state index in [1.54, 1.807) is 4.90 Å². The lowest BCUT2D eigenvalue weighted by atomic mass is 9.71. The van der Waals surface area contributed by atoms with Gasteiger partial charge in [0.2, 0.25) is 0 Å². The maximum absolute atomic E-state index is 12.6. The number of carbonyl (C=O) groups excluding carboxylic acids is 1. The number of amides is 1. The fourth-order valence-electron chi connectivity index (χ4n) is 3.11. The number of aromatic nitrogens is 2. The van der Waals surface area contributed by atoms with Crippen molar-refractivity contribution in [2.75, 3.05) is 6.54 Å². The molecule has 1 aliphatic rings. The van der Waals surface area contributed by atoms with Crippen molar-refractivity contribution in [1.29, 1.82) is 0 Å². The van der Waals surface area contributed by atoms with Crippen LogP contribution >= 0.6 is 0 Å². The number of carbonyl (C=O) groups is 1. The summed E-state index contributed by atoms with van der Waals surface area (Å²) in [6.07, 6.45) is 1.22. The summed E-state index contributed by atoms with van der Waals surface area (Å²) in [5, 5.41) is 16.9. The van der Waals surface area contributed by atoms with E-state index in [-0.39, 0.29) is 28.7 Å². The number of nitrogens with one attached hydrogen (secondary N) is 1. The molecule has 114 valence electrons. The van der Waals surface area contributed by atoms with Crippen LogP contribution < -0.4 is 0 Å². The lowest BCUT2D eigenvalue weighted by Gasteiger charge is -2.54. The van der Waals surface area contributed by atoms with Crippen molar-refractivity contribution in [1.82, 2.24) is 15.1 Å². The van der Waals surface area contributed by atoms with Gasteiger partial charge in [0.15, 0.2) is 5.56 Å². The number of H-pyrrole nitrogens is 1. The smallest absolute Gasteiger partial charge is 0.355 e. The van der Waals surface area contributed by atoms with Crippen molar-refractivity contribution in [2.45, 2.75) is 19.9 Å². The van der Waals surface area contributed by atoms with Gasteiger partial charge in [0.25, 0.3) is 5.91 Å². The predicted octanol–water partition coefficient (Wildman–Crippen LogP) is 2.54. The van der Waals surface area contributed by atoms with Gasteiger partial charge >= 0.3 is 5.82 Å². The molecule has 2 aromatic rings. The highest BCUT2D eigenvalue weighted by atomic mass is 16.6. The second-order valence-electron chi connectivity index (χ2n) is 6.12. The number of hydrogen-bond donors (Lipinski definition) is 1. The highest BCUT2D eigenvalue weighted by Gasteiger charge is 2.50. The van der Waals surface area contributed by atoms with Crippen LogP contribution in [0.4, 0.5) is 5.82 Å². The molecule has 0 radical (unpaired) electrons. The molecule has 1 saturated heterocycles.